The first-order valence-electron chi connectivity index (χ1n) is 7.83. The second-order valence-corrected chi connectivity index (χ2v) is 7.36. The Morgan fingerprint density at radius 3 is 2.67 bits per heavy atom. The molecule has 1 saturated carbocycles. The maximum Gasteiger partial charge on any atom is 0.133 e. The van der Waals surface area contributed by atoms with E-state index < -0.39 is 5.60 Å². The fraction of sp³-hybridized carbons (Fsp3) is 0.647. The molecule has 1 aliphatic carbocycles. The Hall–Kier alpha value is -0.580. The summed E-state index contributed by atoms with van der Waals surface area (Å²) in [6.45, 7) is 6.67. The summed E-state index contributed by atoms with van der Waals surface area (Å²) >= 11 is 3.56. The molecule has 3 nitrogen and oxygen atoms in total. The van der Waals surface area contributed by atoms with Crippen molar-refractivity contribution in [2.75, 3.05) is 13.2 Å². The average molecular weight is 356 g/mol. The standard InChI is InChI=1S/C17H26BrNO2/c1-13(2)10-19-11-14-5-6-16(15(18)9-14)21-12-17(20)7-3-4-8-17/h5-6,9,13,19-20H,3-4,7-8,10-12H2,1-2H3. The van der Waals surface area contributed by atoms with Crippen LogP contribution in [0.4, 0.5) is 0 Å². The van der Waals surface area contributed by atoms with Gasteiger partial charge in [-0.15, -0.1) is 0 Å². The third kappa shape index (κ3) is 5.28. The van der Waals surface area contributed by atoms with Gasteiger partial charge in [0.1, 0.15) is 12.4 Å². The highest BCUT2D eigenvalue weighted by Crippen LogP contribution is 2.32. The lowest BCUT2D eigenvalue weighted by atomic mass is 10.0. The molecule has 118 valence electrons. The summed E-state index contributed by atoms with van der Waals surface area (Å²) in [7, 11) is 0. The lowest BCUT2D eigenvalue weighted by molar-refractivity contribution is 0.00118. The van der Waals surface area contributed by atoms with Gasteiger partial charge in [0.15, 0.2) is 0 Å². The molecule has 1 aromatic rings. The lowest BCUT2D eigenvalue weighted by Gasteiger charge is -2.22. The van der Waals surface area contributed by atoms with Crippen LogP contribution in [0.1, 0.15) is 45.1 Å². The third-order valence-electron chi connectivity index (χ3n) is 3.91. The Labute approximate surface area is 136 Å². The lowest BCUT2D eigenvalue weighted by Crippen LogP contribution is -2.32. The smallest absolute Gasteiger partial charge is 0.133 e. The summed E-state index contributed by atoms with van der Waals surface area (Å²) in [5, 5.41) is 13.7. The van der Waals surface area contributed by atoms with Gasteiger partial charge in [-0.2, -0.15) is 0 Å². The van der Waals surface area contributed by atoms with Gasteiger partial charge in [-0.05, 0) is 58.9 Å². The molecule has 21 heavy (non-hydrogen) atoms. The van der Waals surface area contributed by atoms with Gasteiger partial charge < -0.3 is 15.2 Å². The number of benzene rings is 1. The van der Waals surface area contributed by atoms with E-state index in [9.17, 15) is 5.11 Å². The molecule has 0 saturated heterocycles. The minimum Gasteiger partial charge on any atom is -0.489 e. The van der Waals surface area contributed by atoms with Gasteiger partial charge in [0.25, 0.3) is 0 Å². The van der Waals surface area contributed by atoms with Crippen molar-refractivity contribution in [3.05, 3.63) is 28.2 Å². The fourth-order valence-corrected chi connectivity index (χ4v) is 3.21. The van der Waals surface area contributed by atoms with Crippen LogP contribution in [0.15, 0.2) is 22.7 Å². The van der Waals surface area contributed by atoms with Crippen molar-refractivity contribution in [3.63, 3.8) is 0 Å². The SMILES string of the molecule is CC(C)CNCc1ccc(OCC2(O)CCCC2)c(Br)c1. The Morgan fingerprint density at radius 2 is 2.05 bits per heavy atom. The van der Waals surface area contributed by atoms with Gasteiger partial charge in [0.2, 0.25) is 0 Å². The number of nitrogens with one attached hydrogen (secondary N) is 1. The summed E-state index contributed by atoms with van der Waals surface area (Å²) in [4.78, 5) is 0. The van der Waals surface area contributed by atoms with E-state index in [4.69, 9.17) is 4.74 Å². The fourth-order valence-electron chi connectivity index (χ4n) is 2.67. The van der Waals surface area contributed by atoms with Crippen LogP contribution in [-0.2, 0) is 6.54 Å². The van der Waals surface area contributed by atoms with Crippen molar-refractivity contribution >= 4 is 15.9 Å². The van der Waals surface area contributed by atoms with E-state index in [2.05, 4.69) is 47.2 Å². The monoisotopic (exact) mass is 355 g/mol. The van der Waals surface area contributed by atoms with Crippen molar-refractivity contribution in [2.45, 2.75) is 51.7 Å². The van der Waals surface area contributed by atoms with E-state index in [0.29, 0.717) is 12.5 Å². The van der Waals surface area contributed by atoms with Crippen LogP contribution in [0.25, 0.3) is 0 Å². The largest absolute Gasteiger partial charge is 0.489 e. The third-order valence-corrected chi connectivity index (χ3v) is 4.53. The maximum atomic E-state index is 10.3. The van der Waals surface area contributed by atoms with Gasteiger partial charge in [-0.1, -0.05) is 32.8 Å². The molecule has 4 heteroatoms. The molecule has 0 aromatic heterocycles. The summed E-state index contributed by atoms with van der Waals surface area (Å²) < 4.78 is 6.76. The number of rotatable bonds is 7. The summed E-state index contributed by atoms with van der Waals surface area (Å²) in [5.41, 5.74) is 0.603. The molecule has 0 amide bonds. The van der Waals surface area contributed by atoms with Crippen molar-refractivity contribution in [3.8, 4) is 5.75 Å². The van der Waals surface area contributed by atoms with Gasteiger partial charge >= 0.3 is 0 Å². The number of hydrogen-bond donors (Lipinski definition) is 2. The van der Waals surface area contributed by atoms with Crippen LogP contribution < -0.4 is 10.1 Å². The zero-order chi connectivity index (χ0) is 15.3. The highest BCUT2D eigenvalue weighted by Gasteiger charge is 2.32. The maximum absolute atomic E-state index is 10.3. The molecule has 2 rings (SSSR count). The summed E-state index contributed by atoms with van der Waals surface area (Å²) in [5.74, 6) is 1.46. The van der Waals surface area contributed by atoms with E-state index >= 15 is 0 Å². The Kier molecular flexibility index (Phi) is 6.08. The molecule has 0 atom stereocenters. The highest BCUT2D eigenvalue weighted by atomic mass is 79.9. The minimum absolute atomic E-state index is 0.385. The first kappa shape index (κ1) is 16.8. The van der Waals surface area contributed by atoms with E-state index in [-0.39, 0.29) is 0 Å². The molecule has 1 aromatic carbocycles. The van der Waals surface area contributed by atoms with Crippen LogP contribution in [0.3, 0.4) is 0 Å². The molecule has 0 spiro atoms. The van der Waals surface area contributed by atoms with Crippen LogP contribution in [-0.4, -0.2) is 23.9 Å². The number of ether oxygens (including phenoxy) is 1. The molecule has 1 aliphatic rings. The molecule has 0 unspecified atom stereocenters. The second-order valence-electron chi connectivity index (χ2n) is 6.51. The molecule has 1 fully saturated rings. The van der Waals surface area contributed by atoms with Crippen molar-refractivity contribution < 1.29 is 9.84 Å². The van der Waals surface area contributed by atoms with Gasteiger partial charge in [-0.3, -0.25) is 0 Å². The Morgan fingerprint density at radius 1 is 1.33 bits per heavy atom. The van der Waals surface area contributed by atoms with Crippen molar-refractivity contribution in [1.29, 1.82) is 0 Å². The number of aliphatic hydroxyl groups is 1. The zero-order valence-corrected chi connectivity index (χ0v) is 14.6. The number of hydrogen-bond acceptors (Lipinski definition) is 3. The van der Waals surface area contributed by atoms with E-state index in [1.54, 1.807) is 0 Å². The van der Waals surface area contributed by atoms with Crippen LogP contribution in [0, 0.1) is 5.92 Å². The predicted octanol–water partition coefficient (Wildman–Crippen LogP) is 3.88. The molecular formula is C17H26BrNO2. The van der Waals surface area contributed by atoms with Gasteiger partial charge in [-0.25, -0.2) is 0 Å². The second kappa shape index (κ2) is 7.61. The zero-order valence-electron chi connectivity index (χ0n) is 13.0. The molecule has 0 aliphatic heterocycles. The average Bonchev–Trinajstić information content (AvgIpc) is 2.85. The van der Waals surface area contributed by atoms with E-state index in [1.807, 2.05) is 6.07 Å². The number of halogens is 1. The van der Waals surface area contributed by atoms with Gasteiger partial charge in [0, 0.05) is 6.54 Å². The molecule has 0 heterocycles. The Bertz CT molecular complexity index is 456. The van der Waals surface area contributed by atoms with Crippen molar-refractivity contribution in [2.24, 2.45) is 5.92 Å². The minimum atomic E-state index is -0.628. The van der Waals surface area contributed by atoms with E-state index in [1.165, 1.54) is 5.56 Å². The molecule has 2 N–H and O–H groups in total. The van der Waals surface area contributed by atoms with Gasteiger partial charge in [0.05, 0.1) is 10.1 Å². The first-order valence-corrected chi connectivity index (χ1v) is 8.62. The van der Waals surface area contributed by atoms with Crippen molar-refractivity contribution in [1.82, 2.24) is 5.32 Å². The molecule has 0 bridgehead atoms. The van der Waals surface area contributed by atoms with E-state index in [0.717, 1.165) is 49.0 Å². The summed E-state index contributed by atoms with van der Waals surface area (Å²) in [6, 6.07) is 6.14. The predicted molar refractivity (Wildman–Crippen MR) is 89.6 cm³/mol. The van der Waals surface area contributed by atoms with Crippen LogP contribution >= 0.6 is 15.9 Å². The molecular weight excluding hydrogens is 330 g/mol. The topological polar surface area (TPSA) is 41.5 Å². The molecule has 0 radical (unpaired) electrons. The highest BCUT2D eigenvalue weighted by molar-refractivity contribution is 9.10. The van der Waals surface area contributed by atoms with Crippen LogP contribution in [0.5, 0.6) is 5.75 Å². The first-order chi connectivity index (χ1) is 9.98. The summed E-state index contributed by atoms with van der Waals surface area (Å²) in [6.07, 6.45) is 3.90. The van der Waals surface area contributed by atoms with Crippen LogP contribution in [0.2, 0.25) is 0 Å². The normalized spacial score (nSPS) is 17.4. The quantitative estimate of drug-likeness (QED) is 0.779. The Balaban J connectivity index is 1.86.